The van der Waals surface area contributed by atoms with E-state index in [-0.39, 0.29) is 35.5 Å². The lowest BCUT2D eigenvalue weighted by molar-refractivity contribution is 0.0939. The van der Waals surface area contributed by atoms with Gasteiger partial charge in [0.2, 0.25) is 0 Å². The van der Waals surface area contributed by atoms with Crippen molar-refractivity contribution in [1.29, 1.82) is 0 Å². The van der Waals surface area contributed by atoms with Crippen LogP contribution in [-0.4, -0.2) is 40.0 Å². The van der Waals surface area contributed by atoms with Crippen LogP contribution in [-0.2, 0) is 12.8 Å². The molecule has 5 aromatic rings. The molecule has 0 saturated carbocycles. The van der Waals surface area contributed by atoms with Gasteiger partial charge in [0, 0.05) is 48.6 Å². The highest BCUT2D eigenvalue weighted by Crippen LogP contribution is 2.38. The third-order valence-corrected chi connectivity index (χ3v) is 7.99. The highest BCUT2D eigenvalue weighted by Gasteiger charge is 2.27. The van der Waals surface area contributed by atoms with E-state index in [0.717, 1.165) is 28.2 Å². The van der Waals surface area contributed by atoms with Gasteiger partial charge >= 0.3 is 0 Å². The minimum Gasteiger partial charge on any atom is -0.507 e. The fourth-order valence-electron chi connectivity index (χ4n) is 5.44. The SMILES string of the molecule is O=C(NCC(Cc1cc(-c2[nH]c3c(c2Nc2ccccc2Cl)C(=O)NCC3)ccn1)c1ccc(F)cc1)c1ccccc1O. The van der Waals surface area contributed by atoms with Gasteiger partial charge in [0.05, 0.1) is 33.2 Å². The predicted octanol–water partition coefficient (Wildman–Crippen LogP) is 6.36. The first-order valence-corrected chi connectivity index (χ1v) is 14.6. The number of fused-ring (bicyclic) bond motifs is 1. The second-order valence-electron chi connectivity index (χ2n) is 10.6. The normalized spacial score (nSPS) is 13.1. The molecule has 0 bridgehead atoms. The number of nitrogens with one attached hydrogen (secondary N) is 4. The average Bonchev–Trinajstić information content (AvgIpc) is 3.40. The van der Waals surface area contributed by atoms with Gasteiger partial charge in [-0.15, -0.1) is 0 Å². The number of hydrogen-bond acceptors (Lipinski definition) is 5. The minimum atomic E-state index is -0.414. The molecule has 6 rings (SSSR count). The number of amides is 2. The molecule has 10 heteroatoms. The lowest BCUT2D eigenvalue weighted by atomic mass is 9.93. The summed E-state index contributed by atoms with van der Waals surface area (Å²) in [6.45, 7) is 0.756. The maximum absolute atomic E-state index is 13.8. The second-order valence-corrected chi connectivity index (χ2v) is 11.0. The molecule has 1 aliphatic rings. The summed E-state index contributed by atoms with van der Waals surface area (Å²) in [6, 6.07) is 23.6. The van der Waals surface area contributed by atoms with Crippen LogP contribution in [0.1, 0.15) is 43.6 Å². The zero-order valence-electron chi connectivity index (χ0n) is 23.5. The zero-order chi connectivity index (χ0) is 30.6. The van der Waals surface area contributed by atoms with Crippen LogP contribution in [0.15, 0.2) is 91.1 Å². The number of aromatic hydroxyl groups is 1. The summed E-state index contributed by atoms with van der Waals surface area (Å²) in [5.41, 5.74) is 5.91. The molecular formula is C34H29ClFN5O3. The fraction of sp³-hybridized carbons (Fsp3) is 0.147. The van der Waals surface area contributed by atoms with E-state index < -0.39 is 5.91 Å². The number of hydrogen-bond donors (Lipinski definition) is 5. The van der Waals surface area contributed by atoms with Crippen molar-refractivity contribution in [3.8, 4) is 17.0 Å². The van der Waals surface area contributed by atoms with Crippen molar-refractivity contribution in [2.75, 3.05) is 18.4 Å². The summed E-state index contributed by atoms with van der Waals surface area (Å²) in [6.07, 6.45) is 2.78. The van der Waals surface area contributed by atoms with E-state index in [1.54, 1.807) is 42.6 Å². The predicted molar refractivity (Wildman–Crippen MR) is 168 cm³/mol. The van der Waals surface area contributed by atoms with Crippen molar-refractivity contribution in [3.63, 3.8) is 0 Å². The summed E-state index contributed by atoms with van der Waals surface area (Å²) >= 11 is 6.46. The van der Waals surface area contributed by atoms with Crippen LogP contribution in [0.2, 0.25) is 5.02 Å². The number of aromatic nitrogens is 2. The second kappa shape index (κ2) is 12.6. The molecule has 2 amide bonds. The van der Waals surface area contributed by atoms with E-state index in [4.69, 9.17) is 11.6 Å². The topological polar surface area (TPSA) is 119 Å². The summed E-state index contributed by atoms with van der Waals surface area (Å²) in [7, 11) is 0. The molecule has 5 N–H and O–H groups in total. The lowest BCUT2D eigenvalue weighted by Crippen LogP contribution is -2.31. The Morgan fingerprint density at radius 1 is 1.05 bits per heavy atom. The Balaban J connectivity index is 1.32. The molecule has 0 radical (unpaired) electrons. The third-order valence-electron chi connectivity index (χ3n) is 7.66. The maximum Gasteiger partial charge on any atom is 0.255 e. The smallest absolute Gasteiger partial charge is 0.255 e. The molecule has 222 valence electrons. The molecule has 1 unspecified atom stereocenters. The van der Waals surface area contributed by atoms with Gasteiger partial charge in [-0.25, -0.2) is 4.39 Å². The van der Waals surface area contributed by atoms with Crippen LogP contribution >= 0.6 is 11.6 Å². The summed E-state index contributed by atoms with van der Waals surface area (Å²) in [4.78, 5) is 33.9. The number of aromatic amines is 1. The van der Waals surface area contributed by atoms with Gasteiger partial charge in [0.1, 0.15) is 11.6 Å². The Labute approximate surface area is 258 Å². The number of phenolic OH excluding ortho intramolecular Hbond substituents is 1. The van der Waals surface area contributed by atoms with E-state index in [1.807, 2.05) is 30.3 Å². The van der Waals surface area contributed by atoms with E-state index in [9.17, 15) is 19.1 Å². The lowest BCUT2D eigenvalue weighted by Gasteiger charge is -2.19. The average molecular weight is 610 g/mol. The van der Waals surface area contributed by atoms with Crippen LogP contribution in [0.4, 0.5) is 15.8 Å². The first kappa shape index (κ1) is 28.9. The summed E-state index contributed by atoms with van der Waals surface area (Å²) < 4.78 is 13.8. The Hall–Kier alpha value is -5.15. The number of phenols is 1. The van der Waals surface area contributed by atoms with Crippen molar-refractivity contribution in [2.45, 2.75) is 18.8 Å². The summed E-state index contributed by atoms with van der Waals surface area (Å²) in [5.74, 6) is -1.31. The van der Waals surface area contributed by atoms with Gasteiger partial charge in [-0.3, -0.25) is 14.6 Å². The van der Waals surface area contributed by atoms with Crippen LogP contribution in [0.3, 0.4) is 0 Å². The van der Waals surface area contributed by atoms with E-state index in [2.05, 4.69) is 25.9 Å². The Morgan fingerprint density at radius 2 is 1.82 bits per heavy atom. The molecule has 44 heavy (non-hydrogen) atoms. The van der Waals surface area contributed by atoms with Crippen molar-refractivity contribution >= 4 is 34.8 Å². The maximum atomic E-state index is 13.8. The van der Waals surface area contributed by atoms with Crippen molar-refractivity contribution < 1.29 is 19.1 Å². The number of nitrogens with zero attached hydrogens (tertiary/aromatic N) is 1. The van der Waals surface area contributed by atoms with E-state index in [0.29, 0.717) is 41.3 Å². The number of para-hydroxylation sites is 2. The number of pyridine rings is 1. The number of anilines is 2. The first-order chi connectivity index (χ1) is 21.4. The molecule has 3 aromatic carbocycles. The standard InChI is InChI=1S/C34H29ClFN5O3/c35-26-6-2-3-7-27(26)40-32-30-28(14-16-38-34(30)44)41-31(32)21-13-15-37-24(17-21)18-22(20-9-11-23(36)12-10-20)19-39-33(43)25-5-1-4-8-29(25)42/h1-13,15,17,22,40-42H,14,16,18-19H2,(H,38,44)(H,39,43). The molecule has 0 saturated heterocycles. The molecule has 3 heterocycles. The van der Waals surface area contributed by atoms with Gasteiger partial charge in [0.25, 0.3) is 11.8 Å². The molecule has 1 aliphatic heterocycles. The van der Waals surface area contributed by atoms with E-state index in [1.165, 1.54) is 18.2 Å². The highest BCUT2D eigenvalue weighted by atomic mass is 35.5. The zero-order valence-corrected chi connectivity index (χ0v) is 24.3. The van der Waals surface area contributed by atoms with Gasteiger partial charge < -0.3 is 26.0 Å². The monoisotopic (exact) mass is 609 g/mol. The van der Waals surface area contributed by atoms with Gasteiger partial charge in [-0.2, -0.15) is 0 Å². The van der Waals surface area contributed by atoms with Crippen molar-refractivity contribution in [1.82, 2.24) is 20.6 Å². The molecule has 8 nitrogen and oxygen atoms in total. The quantitative estimate of drug-likeness (QED) is 0.133. The van der Waals surface area contributed by atoms with Gasteiger partial charge in [0.15, 0.2) is 0 Å². The number of rotatable bonds is 9. The summed E-state index contributed by atoms with van der Waals surface area (Å²) in [5, 5.41) is 19.8. The molecule has 0 spiro atoms. The van der Waals surface area contributed by atoms with Crippen LogP contribution in [0.5, 0.6) is 5.75 Å². The first-order valence-electron chi connectivity index (χ1n) is 14.2. The van der Waals surface area contributed by atoms with E-state index >= 15 is 0 Å². The minimum absolute atomic E-state index is 0.110. The Bertz CT molecular complexity index is 1840. The Kier molecular flexibility index (Phi) is 8.29. The van der Waals surface area contributed by atoms with Crippen molar-refractivity contribution in [3.05, 3.63) is 130 Å². The molecule has 0 aliphatic carbocycles. The van der Waals surface area contributed by atoms with Gasteiger partial charge in [-0.05, 0) is 60.5 Å². The number of benzene rings is 3. The number of carbonyl (C=O) groups is 2. The largest absolute Gasteiger partial charge is 0.507 e. The van der Waals surface area contributed by atoms with Crippen LogP contribution < -0.4 is 16.0 Å². The van der Waals surface area contributed by atoms with Crippen LogP contribution in [0.25, 0.3) is 11.3 Å². The van der Waals surface area contributed by atoms with Crippen LogP contribution in [0, 0.1) is 5.82 Å². The highest BCUT2D eigenvalue weighted by molar-refractivity contribution is 6.33. The number of carbonyl (C=O) groups excluding carboxylic acids is 2. The molecular weight excluding hydrogens is 581 g/mol. The number of halogens is 2. The van der Waals surface area contributed by atoms with Gasteiger partial charge in [-0.1, -0.05) is 48.0 Å². The van der Waals surface area contributed by atoms with Crippen molar-refractivity contribution in [2.24, 2.45) is 0 Å². The molecule has 2 aromatic heterocycles. The fourth-order valence-corrected chi connectivity index (χ4v) is 5.62. The third kappa shape index (κ3) is 6.14. The Morgan fingerprint density at radius 3 is 2.61 bits per heavy atom. The number of H-pyrrole nitrogens is 1. The molecule has 1 atom stereocenters. The molecule has 0 fully saturated rings.